The van der Waals surface area contributed by atoms with Crippen LogP contribution in [0.4, 0.5) is 11.5 Å². The second kappa shape index (κ2) is 8.24. The normalized spacial score (nSPS) is 16.9. The van der Waals surface area contributed by atoms with Crippen molar-refractivity contribution in [1.29, 1.82) is 0 Å². The van der Waals surface area contributed by atoms with E-state index in [1.54, 1.807) is 17.0 Å². The Morgan fingerprint density at radius 2 is 2.00 bits per heavy atom. The number of nitrogens with two attached hydrogens (primary N) is 1. The molecule has 148 valence electrons. The number of halogens is 2. The van der Waals surface area contributed by atoms with Gasteiger partial charge < -0.3 is 20.6 Å². The van der Waals surface area contributed by atoms with Crippen molar-refractivity contribution in [3.05, 3.63) is 51.6 Å². The van der Waals surface area contributed by atoms with Crippen LogP contribution in [-0.4, -0.2) is 46.5 Å². The van der Waals surface area contributed by atoms with E-state index in [4.69, 9.17) is 34.0 Å². The summed E-state index contributed by atoms with van der Waals surface area (Å²) in [6, 6.07) is 6.94. The molecule has 3 rings (SSSR count). The lowest BCUT2D eigenvalue weighted by atomic mass is 9.97. The van der Waals surface area contributed by atoms with E-state index in [-0.39, 0.29) is 6.04 Å². The van der Waals surface area contributed by atoms with Gasteiger partial charge in [-0.15, -0.1) is 0 Å². The van der Waals surface area contributed by atoms with E-state index in [0.29, 0.717) is 41.2 Å². The maximum atomic E-state index is 12.3. The molecule has 0 radical (unpaired) electrons. The third-order valence-electron chi connectivity index (χ3n) is 4.76. The van der Waals surface area contributed by atoms with Crippen LogP contribution in [0.2, 0.25) is 10.0 Å². The highest BCUT2D eigenvalue weighted by Gasteiger charge is 2.33. The molecule has 7 nitrogen and oxygen atoms in total. The summed E-state index contributed by atoms with van der Waals surface area (Å²) in [7, 11) is 0. The molecule has 0 aliphatic carbocycles. The van der Waals surface area contributed by atoms with Crippen molar-refractivity contribution in [3.63, 3.8) is 0 Å². The van der Waals surface area contributed by atoms with Gasteiger partial charge in [0, 0.05) is 30.9 Å². The van der Waals surface area contributed by atoms with Gasteiger partial charge in [-0.05, 0) is 36.2 Å². The van der Waals surface area contributed by atoms with Crippen LogP contribution in [0, 0.1) is 6.92 Å². The van der Waals surface area contributed by atoms with Crippen molar-refractivity contribution in [2.24, 2.45) is 0 Å². The molecule has 1 fully saturated rings. The molecule has 3 N–H and O–H groups in total. The summed E-state index contributed by atoms with van der Waals surface area (Å²) in [5, 5.41) is 10.0. The number of aliphatic carboxylic acids is 1. The molecule has 28 heavy (non-hydrogen) atoms. The van der Waals surface area contributed by atoms with Gasteiger partial charge in [-0.25, -0.2) is 4.98 Å². The van der Waals surface area contributed by atoms with E-state index >= 15 is 0 Å². The third-order valence-corrected chi connectivity index (χ3v) is 5.20. The van der Waals surface area contributed by atoms with Gasteiger partial charge in [0.25, 0.3) is 0 Å². The molecule has 1 amide bonds. The van der Waals surface area contributed by atoms with Gasteiger partial charge in [-0.1, -0.05) is 29.3 Å². The average molecular weight is 423 g/mol. The predicted molar refractivity (Wildman–Crippen MR) is 109 cm³/mol. The number of hydrogen-bond acceptors (Lipinski definition) is 5. The number of nitrogen functional groups attached to an aromatic ring is 1. The van der Waals surface area contributed by atoms with Crippen molar-refractivity contribution in [2.75, 3.05) is 30.3 Å². The zero-order valence-corrected chi connectivity index (χ0v) is 16.7. The molecular weight excluding hydrogens is 403 g/mol. The molecule has 1 atom stereocenters. The summed E-state index contributed by atoms with van der Waals surface area (Å²) in [4.78, 5) is 31.2. The van der Waals surface area contributed by atoms with Crippen molar-refractivity contribution in [3.8, 4) is 0 Å². The van der Waals surface area contributed by atoms with E-state index in [9.17, 15) is 9.59 Å². The molecule has 1 unspecified atom stereocenters. The van der Waals surface area contributed by atoms with E-state index < -0.39 is 18.3 Å². The lowest BCUT2D eigenvalue weighted by Crippen LogP contribution is -2.51. The molecule has 2 aromatic rings. The lowest BCUT2D eigenvalue weighted by Gasteiger charge is -2.43. The summed E-state index contributed by atoms with van der Waals surface area (Å²) in [5.74, 6) is -0.981. The fourth-order valence-corrected chi connectivity index (χ4v) is 3.86. The largest absolute Gasteiger partial charge is 0.481 e. The van der Waals surface area contributed by atoms with Gasteiger partial charge >= 0.3 is 5.97 Å². The molecule has 0 spiro atoms. The molecule has 1 aromatic carbocycles. The first-order chi connectivity index (χ1) is 13.3. The zero-order valence-electron chi connectivity index (χ0n) is 15.2. The number of nitrogens with zero attached hydrogens (tertiary/aromatic N) is 3. The topological polar surface area (TPSA) is 99.8 Å². The van der Waals surface area contributed by atoms with Crippen LogP contribution in [0.5, 0.6) is 0 Å². The lowest BCUT2D eigenvalue weighted by molar-refractivity contribution is -0.144. The number of aromatic nitrogens is 1. The summed E-state index contributed by atoms with van der Waals surface area (Å²) in [6.07, 6.45) is 0.995. The number of amides is 1. The summed E-state index contributed by atoms with van der Waals surface area (Å²) in [5.41, 5.74) is 8.51. The molecule has 0 bridgehead atoms. The Labute approximate surface area is 172 Å². The Hall–Kier alpha value is -2.51. The van der Waals surface area contributed by atoms with Crippen molar-refractivity contribution >= 4 is 46.6 Å². The van der Waals surface area contributed by atoms with Crippen LogP contribution in [0.1, 0.15) is 23.6 Å². The van der Waals surface area contributed by atoms with Gasteiger partial charge in [0.2, 0.25) is 5.91 Å². The van der Waals surface area contributed by atoms with Crippen LogP contribution < -0.4 is 10.6 Å². The fraction of sp³-hybridized carbons (Fsp3) is 0.316. The minimum Gasteiger partial charge on any atom is -0.481 e. The number of aryl methyl sites for hydroxylation is 1. The monoisotopic (exact) mass is 422 g/mol. The number of benzene rings is 1. The quantitative estimate of drug-likeness (QED) is 0.733. The minimum atomic E-state index is -1.14. The first-order valence-corrected chi connectivity index (χ1v) is 9.45. The summed E-state index contributed by atoms with van der Waals surface area (Å²) in [6.45, 7) is 3.09. The zero-order chi connectivity index (χ0) is 20.4. The van der Waals surface area contributed by atoms with Crippen LogP contribution >= 0.6 is 23.2 Å². The molecule has 0 saturated carbocycles. The SMILES string of the molecule is Cc1cc(Cl)ccc1C1CN(C(=O)CC(=O)O)CCN1c1ncc(Cl)cc1N. The molecule has 1 saturated heterocycles. The van der Waals surface area contributed by atoms with E-state index in [1.165, 1.54) is 6.20 Å². The standard InChI is InChI=1S/C19H20Cl2N4O3/c1-11-6-12(20)2-3-14(11)16-10-24(17(26)8-18(27)28)4-5-25(16)19-15(22)7-13(21)9-23-19/h2-3,6-7,9,16H,4-5,8,10,22H2,1H3,(H,27,28). The Morgan fingerprint density at radius 3 is 2.64 bits per heavy atom. The molecule has 2 heterocycles. The Morgan fingerprint density at radius 1 is 1.25 bits per heavy atom. The second-order valence-corrected chi connectivity index (χ2v) is 7.56. The van der Waals surface area contributed by atoms with Gasteiger partial charge in [0.1, 0.15) is 6.42 Å². The highest BCUT2D eigenvalue weighted by Crippen LogP contribution is 2.35. The number of carboxylic acids is 1. The number of carboxylic acid groups (broad SMARTS) is 1. The molecule has 1 aliphatic rings. The summed E-state index contributed by atoms with van der Waals surface area (Å²) < 4.78 is 0. The smallest absolute Gasteiger partial charge is 0.312 e. The van der Waals surface area contributed by atoms with Crippen molar-refractivity contribution in [2.45, 2.75) is 19.4 Å². The highest BCUT2D eigenvalue weighted by molar-refractivity contribution is 6.31. The van der Waals surface area contributed by atoms with Gasteiger partial charge in [-0.3, -0.25) is 9.59 Å². The Bertz CT molecular complexity index is 922. The first kappa shape index (κ1) is 20.2. The number of carbonyl (C=O) groups is 2. The average Bonchev–Trinajstić information content (AvgIpc) is 2.61. The second-order valence-electron chi connectivity index (χ2n) is 6.69. The number of pyridine rings is 1. The van der Waals surface area contributed by atoms with Gasteiger partial charge in [0.15, 0.2) is 5.82 Å². The number of carbonyl (C=O) groups excluding carboxylic acids is 1. The van der Waals surface area contributed by atoms with Crippen LogP contribution in [0.3, 0.4) is 0 Å². The van der Waals surface area contributed by atoms with Crippen LogP contribution in [-0.2, 0) is 9.59 Å². The molecular formula is C19H20Cl2N4O3. The number of rotatable bonds is 4. The maximum Gasteiger partial charge on any atom is 0.312 e. The third kappa shape index (κ3) is 4.31. The first-order valence-electron chi connectivity index (χ1n) is 8.69. The van der Waals surface area contributed by atoms with Gasteiger partial charge in [-0.2, -0.15) is 0 Å². The molecule has 1 aliphatic heterocycles. The Kier molecular flexibility index (Phi) is 5.96. The van der Waals surface area contributed by atoms with E-state index in [0.717, 1.165) is 11.1 Å². The van der Waals surface area contributed by atoms with Crippen LogP contribution in [0.15, 0.2) is 30.5 Å². The maximum absolute atomic E-state index is 12.3. The highest BCUT2D eigenvalue weighted by atomic mass is 35.5. The van der Waals surface area contributed by atoms with Crippen LogP contribution in [0.25, 0.3) is 0 Å². The van der Waals surface area contributed by atoms with E-state index in [1.807, 2.05) is 24.0 Å². The number of hydrogen-bond donors (Lipinski definition) is 2. The van der Waals surface area contributed by atoms with Gasteiger partial charge in [0.05, 0.1) is 16.8 Å². The van der Waals surface area contributed by atoms with E-state index in [2.05, 4.69) is 4.98 Å². The minimum absolute atomic E-state index is 0.250. The Balaban J connectivity index is 1.99. The summed E-state index contributed by atoms with van der Waals surface area (Å²) >= 11 is 12.1. The van der Waals surface area contributed by atoms with Crippen molar-refractivity contribution < 1.29 is 14.7 Å². The number of piperazine rings is 1. The molecule has 1 aromatic heterocycles. The van der Waals surface area contributed by atoms with Crippen molar-refractivity contribution in [1.82, 2.24) is 9.88 Å². The predicted octanol–water partition coefficient (Wildman–Crippen LogP) is 3.14. The molecule has 9 heteroatoms. The number of anilines is 2. The fourth-order valence-electron chi connectivity index (χ4n) is 3.47.